The minimum absolute atomic E-state index is 0. The van der Waals surface area contributed by atoms with Crippen molar-refractivity contribution >= 4 is 0 Å². The fraction of sp³-hybridized carbons (Fsp3) is 0.630. The summed E-state index contributed by atoms with van der Waals surface area (Å²) >= 11 is 0. The Balaban J connectivity index is -0.000000156. The third-order valence-electron chi connectivity index (χ3n) is 3.41. The van der Waals surface area contributed by atoms with Crippen LogP contribution in [0.2, 0.25) is 0 Å². The second-order valence-electron chi connectivity index (χ2n) is 10.2. The summed E-state index contributed by atoms with van der Waals surface area (Å²) in [6.07, 6.45) is 15.2. The zero-order valence-electron chi connectivity index (χ0n) is 21.6. The van der Waals surface area contributed by atoms with E-state index in [1.54, 1.807) is 59.8 Å². The molecule has 0 amide bonds. The molecule has 0 bridgehead atoms. The Labute approximate surface area is 212 Å². The fourth-order valence-corrected chi connectivity index (χ4v) is 1.96. The minimum atomic E-state index is -0.818. The van der Waals surface area contributed by atoms with Gasteiger partial charge in [-0.1, -0.05) is 80.5 Å². The van der Waals surface area contributed by atoms with Crippen LogP contribution in [0, 0.1) is 11.5 Å². The Kier molecular flexibility index (Phi) is 21.9. The van der Waals surface area contributed by atoms with Gasteiger partial charge in [-0.2, -0.15) is 6.08 Å². The second-order valence-corrected chi connectivity index (χ2v) is 10.2. The Morgan fingerprint density at radius 2 is 1.03 bits per heavy atom. The van der Waals surface area contributed by atoms with E-state index in [2.05, 4.69) is 58.7 Å². The molecule has 176 valence electrons. The fourth-order valence-electron chi connectivity index (χ4n) is 1.96. The van der Waals surface area contributed by atoms with E-state index in [1.165, 1.54) is 5.57 Å². The average Bonchev–Trinajstić information content (AvgIpc) is 2.99. The number of rotatable bonds is 6. The van der Waals surface area contributed by atoms with Gasteiger partial charge in [0.2, 0.25) is 0 Å². The van der Waals surface area contributed by atoms with E-state index < -0.39 is 16.8 Å². The Hall–Kier alpha value is -0.537. The maximum atomic E-state index is 10.6. The molecule has 0 spiro atoms. The average molecular weight is 510 g/mol. The van der Waals surface area contributed by atoms with E-state index in [-0.39, 0.29) is 26.2 Å². The van der Waals surface area contributed by atoms with Crippen LogP contribution in [0.1, 0.15) is 88.0 Å². The molecular formula is C27H46O3Zr. The van der Waals surface area contributed by atoms with Crippen molar-refractivity contribution in [3.63, 3.8) is 0 Å². The maximum Gasteiger partial charge on any atom is 4.00 e. The first-order valence-corrected chi connectivity index (χ1v) is 10.5. The summed E-state index contributed by atoms with van der Waals surface area (Å²) in [7, 11) is 0. The maximum absolute atomic E-state index is 10.6. The molecule has 0 radical (unpaired) electrons. The third-order valence-corrected chi connectivity index (χ3v) is 3.41. The van der Waals surface area contributed by atoms with Gasteiger partial charge in [-0.25, -0.2) is 11.6 Å². The molecule has 0 heterocycles. The van der Waals surface area contributed by atoms with Gasteiger partial charge in [0.25, 0.3) is 0 Å². The molecule has 1 aliphatic rings. The summed E-state index contributed by atoms with van der Waals surface area (Å²) in [6.45, 7) is 26.9. The van der Waals surface area contributed by atoms with Crippen LogP contribution >= 0.6 is 0 Å². The predicted octanol–water partition coefficient (Wildman–Crippen LogP) is 4.82. The van der Waals surface area contributed by atoms with Crippen molar-refractivity contribution < 1.29 is 41.5 Å². The summed E-state index contributed by atoms with van der Waals surface area (Å²) in [6, 6.07) is 0. The first kappa shape index (κ1) is 37.8. The van der Waals surface area contributed by atoms with Gasteiger partial charge in [0.1, 0.15) is 0 Å². The zero-order valence-corrected chi connectivity index (χ0v) is 24.0. The van der Waals surface area contributed by atoms with Crippen LogP contribution in [0.5, 0.6) is 0 Å². The van der Waals surface area contributed by atoms with Crippen molar-refractivity contribution in [2.75, 3.05) is 0 Å². The van der Waals surface area contributed by atoms with Crippen molar-refractivity contribution in [1.82, 2.24) is 0 Å². The van der Waals surface area contributed by atoms with Gasteiger partial charge in [0, 0.05) is 0 Å². The van der Waals surface area contributed by atoms with E-state index in [0.717, 1.165) is 6.42 Å². The summed E-state index contributed by atoms with van der Waals surface area (Å²) in [4.78, 5) is 0. The SMILES string of the molecule is C=CCC(C)(C)[O-].C=CCC(C)(C)[O-].C=CCC(C)(C)[O-].CC(C)(C)C1=[C-]CC=C1.[Zr+4]. The zero-order chi connectivity index (χ0) is 24.6. The molecule has 0 saturated carbocycles. The molecule has 0 aliphatic heterocycles. The Morgan fingerprint density at radius 1 is 0.742 bits per heavy atom. The van der Waals surface area contributed by atoms with Crippen LogP contribution < -0.4 is 15.3 Å². The molecule has 1 aliphatic carbocycles. The summed E-state index contributed by atoms with van der Waals surface area (Å²) in [5.41, 5.74) is -0.805. The van der Waals surface area contributed by atoms with E-state index >= 15 is 0 Å². The molecule has 1 rings (SSSR count). The van der Waals surface area contributed by atoms with Crippen LogP contribution in [0.3, 0.4) is 0 Å². The molecule has 0 N–H and O–H groups in total. The second kappa shape index (κ2) is 18.0. The molecule has 0 unspecified atom stereocenters. The first-order valence-electron chi connectivity index (χ1n) is 10.5. The molecule has 4 heteroatoms. The summed E-state index contributed by atoms with van der Waals surface area (Å²) < 4.78 is 0. The quantitative estimate of drug-likeness (QED) is 0.381. The normalized spacial score (nSPS) is 13.0. The summed E-state index contributed by atoms with van der Waals surface area (Å²) in [5, 5.41) is 31.9. The van der Waals surface area contributed by atoms with Gasteiger partial charge in [0.05, 0.1) is 0 Å². The molecule has 31 heavy (non-hydrogen) atoms. The van der Waals surface area contributed by atoms with Crippen molar-refractivity contribution in [3.05, 3.63) is 61.8 Å². The molecule has 0 atom stereocenters. The van der Waals surface area contributed by atoms with Crippen LogP contribution in [-0.2, 0) is 26.2 Å². The summed E-state index contributed by atoms with van der Waals surface area (Å²) in [5.74, 6) is 0. The van der Waals surface area contributed by atoms with E-state index in [9.17, 15) is 15.3 Å². The van der Waals surface area contributed by atoms with Crippen LogP contribution in [0.4, 0.5) is 0 Å². The standard InChI is InChI=1S/C9H13.3C6H11O.Zr/c1-9(2,3)8-6-4-5-7-8;3*1-4-5-6(2,3)7;/h4,6H,5H2,1-3H3;3*4H,1,5H2,2-3H3;/q4*-1;+4. The smallest absolute Gasteiger partial charge is 0.850 e. The van der Waals surface area contributed by atoms with Gasteiger partial charge in [-0.05, 0) is 24.7 Å². The van der Waals surface area contributed by atoms with Gasteiger partial charge in [0.15, 0.2) is 0 Å². The topological polar surface area (TPSA) is 69.2 Å². The van der Waals surface area contributed by atoms with Crippen molar-refractivity contribution in [2.45, 2.75) is 105 Å². The minimum Gasteiger partial charge on any atom is -0.850 e. The van der Waals surface area contributed by atoms with Crippen LogP contribution in [-0.4, -0.2) is 16.8 Å². The van der Waals surface area contributed by atoms with E-state index in [4.69, 9.17) is 0 Å². The van der Waals surface area contributed by atoms with Crippen LogP contribution in [0.15, 0.2) is 55.7 Å². The number of allylic oxidation sites excluding steroid dienone is 4. The Bertz CT molecular complexity index is 483. The molecule has 0 fully saturated rings. The Morgan fingerprint density at radius 3 is 1.10 bits per heavy atom. The monoisotopic (exact) mass is 508 g/mol. The third kappa shape index (κ3) is 37.1. The molecule has 3 nitrogen and oxygen atoms in total. The molecular weight excluding hydrogens is 464 g/mol. The van der Waals surface area contributed by atoms with E-state index in [0.29, 0.717) is 24.7 Å². The number of hydrogen-bond donors (Lipinski definition) is 0. The van der Waals surface area contributed by atoms with E-state index in [1.807, 2.05) is 0 Å². The predicted molar refractivity (Wildman–Crippen MR) is 127 cm³/mol. The largest absolute Gasteiger partial charge is 4.00 e. The van der Waals surface area contributed by atoms with Gasteiger partial charge < -0.3 is 15.3 Å². The molecule has 0 saturated heterocycles. The van der Waals surface area contributed by atoms with Gasteiger partial charge in [-0.3, -0.25) is 6.08 Å². The number of hydrogen-bond acceptors (Lipinski definition) is 3. The molecule has 0 aromatic heterocycles. The first-order chi connectivity index (χ1) is 13.3. The van der Waals surface area contributed by atoms with Crippen molar-refractivity contribution in [2.24, 2.45) is 5.41 Å². The molecule has 0 aromatic rings. The van der Waals surface area contributed by atoms with Gasteiger partial charge >= 0.3 is 26.2 Å². The van der Waals surface area contributed by atoms with Crippen LogP contribution in [0.25, 0.3) is 0 Å². The van der Waals surface area contributed by atoms with Gasteiger partial charge in [-0.15, -0.1) is 43.0 Å². The van der Waals surface area contributed by atoms with Crippen molar-refractivity contribution in [1.29, 1.82) is 0 Å². The molecule has 0 aromatic carbocycles. The van der Waals surface area contributed by atoms with Crippen molar-refractivity contribution in [3.8, 4) is 0 Å².